The van der Waals surface area contributed by atoms with E-state index < -0.39 is 5.97 Å². The summed E-state index contributed by atoms with van der Waals surface area (Å²) in [6.07, 6.45) is 9.34. The largest absolute Gasteiger partial charge is 0.480 e. The van der Waals surface area contributed by atoms with Crippen LogP contribution < -0.4 is 0 Å². The van der Waals surface area contributed by atoms with Crippen LogP contribution in [0.2, 0.25) is 0 Å². The smallest absolute Gasteiger partial charge is 0.320 e. The van der Waals surface area contributed by atoms with Crippen molar-refractivity contribution in [2.45, 2.75) is 69.7 Å². The van der Waals surface area contributed by atoms with Gasteiger partial charge in [0.2, 0.25) is 0 Å². The van der Waals surface area contributed by atoms with Gasteiger partial charge in [0.25, 0.3) is 0 Å². The summed E-state index contributed by atoms with van der Waals surface area (Å²) >= 11 is 0. The Morgan fingerprint density at radius 1 is 1.03 bits per heavy atom. The molecule has 3 fully saturated rings. The molecule has 5 nitrogen and oxygen atoms in total. The first-order chi connectivity index (χ1) is 18.5. The van der Waals surface area contributed by atoms with E-state index in [1.165, 1.54) is 30.4 Å². The summed E-state index contributed by atoms with van der Waals surface area (Å²) in [7, 11) is 0. The number of aryl methyl sites for hydroxylation is 1. The molecule has 1 saturated carbocycles. The second-order valence-corrected chi connectivity index (χ2v) is 12.1. The summed E-state index contributed by atoms with van der Waals surface area (Å²) in [6.45, 7) is 4.58. The van der Waals surface area contributed by atoms with Gasteiger partial charge in [0.05, 0.1) is 11.5 Å². The van der Waals surface area contributed by atoms with Crippen molar-refractivity contribution in [2.24, 2.45) is 17.3 Å². The lowest BCUT2D eigenvalue weighted by molar-refractivity contribution is -0.144. The molecule has 1 aliphatic carbocycles. The lowest BCUT2D eigenvalue weighted by Crippen LogP contribution is -2.44. The molecule has 202 valence electrons. The van der Waals surface area contributed by atoms with Gasteiger partial charge in [-0.1, -0.05) is 79.9 Å². The van der Waals surface area contributed by atoms with Gasteiger partial charge < -0.3 is 10.0 Å². The molecule has 5 heteroatoms. The monoisotopic (exact) mass is 513 g/mol. The predicted molar refractivity (Wildman–Crippen MR) is 151 cm³/mol. The fourth-order valence-corrected chi connectivity index (χ4v) is 7.06. The summed E-state index contributed by atoms with van der Waals surface area (Å²) in [6, 6.07) is 23.6. The van der Waals surface area contributed by atoms with E-state index in [0.717, 1.165) is 71.2 Å². The van der Waals surface area contributed by atoms with E-state index in [4.69, 9.17) is 0 Å². The number of hydrogen-bond donors (Lipinski definition) is 1. The highest BCUT2D eigenvalue weighted by Gasteiger charge is 2.42. The topological polar surface area (TPSA) is 67.6 Å². The minimum atomic E-state index is -0.656. The van der Waals surface area contributed by atoms with Crippen LogP contribution >= 0.6 is 0 Å². The molecule has 5 rings (SSSR count). The van der Waals surface area contributed by atoms with Crippen molar-refractivity contribution in [1.82, 2.24) is 9.80 Å². The van der Waals surface area contributed by atoms with Crippen molar-refractivity contribution in [3.8, 4) is 6.07 Å². The standard InChI is InChI=1S/C33H43N3O2/c34-25-33(16-8-13-26-9-3-1-4-10-26)17-19-35(20-18-33)22-29-23-36(24-30(29)28-14-5-2-6-15-28)31(32(37)38)21-27-11-7-12-27/h1-6,9-10,14-15,27,29-31H,7-8,11-13,16-24H2,(H,37,38)/t29-,30+,31+/m0/s1. The number of likely N-dealkylation sites (tertiary alicyclic amines) is 2. The molecule has 3 atom stereocenters. The first-order valence-electron chi connectivity index (χ1n) is 14.7. The third-order valence-corrected chi connectivity index (χ3v) is 9.71. The molecule has 38 heavy (non-hydrogen) atoms. The first kappa shape index (κ1) is 26.9. The number of carbonyl (C=O) groups is 1. The summed E-state index contributed by atoms with van der Waals surface area (Å²) in [5.74, 6) is 0.686. The van der Waals surface area contributed by atoms with E-state index >= 15 is 0 Å². The highest BCUT2D eigenvalue weighted by atomic mass is 16.4. The van der Waals surface area contributed by atoms with Crippen LogP contribution in [0.25, 0.3) is 0 Å². The highest BCUT2D eigenvalue weighted by molar-refractivity contribution is 5.73. The first-order valence-corrected chi connectivity index (χ1v) is 14.7. The summed E-state index contributed by atoms with van der Waals surface area (Å²) in [4.78, 5) is 17.1. The normalized spacial score (nSPS) is 24.9. The Morgan fingerprint density at radius 3 is 2.32 bits per heavy atom. The lowest BCUT2D eigenvalue weighted by atomic mass is 9.75. The zero-order valence-electron chi connectivity index (χ0n) is 22.7. The Balaban J connectivity index is 1.20. The number of nitrogens with zero attached hydrogens (tertiary/aromatic N) is 3. The average molecular weight is 514 g/mol. The molecule has 2 heterocycles. The molecule has 3 aliphatic rings. The molecular weight excluding hydrogens is 470 g/mol. The third-order valence-electron chi connectivity index (χ3n) is 9.71. The van der Waals surface area contributed by atoms with Crippen LogP contribution in [0.15, 0.2) is 60.7 Å². The van der Waals surface area contributed by atoms with Crippen LogP contribution in [0.3, 0.4) is 0 Å². The molecule has 0 spiro atoms. The number of aliphatic carboxylic acids is 1. The Bertz CT molecular complexity index is 1070. The summed E-state index contributed by atoms with van der Waals surface area (Å²) < 4.78 is 0. The van der Waals surface area contributed by atoms with E-state index in [1.54, 1.807) is 0 Å². The van der Waals surface area contributed by atoms with Gasteiger partial charge in [-0.25, -0.2) is 0 Å². The Kier molecular flexibility index (Phi) is 8.82. The van der Waals surface area contributed by atoms with E-state index in [9.17, 15) is 15.2 Å². The maximum absolute atomic E-state index is 12.3. The number of hydrogen-bond acceptors (Lipinski definition) is 4. The number of carboxylic acids is 1. The molecule has 2 saturated heterocycles. The van der Waals surface area contributed by atoms with Gasteiger partial charge in [0.15, 0.2) is 0 Å². The molecule has 1 N–H and O–H groups in total. The second kappa shape index (κ2) is 12.5. The zero-order valence-corrected chi connectivity index (χ0v) is 22.7. The van der Waals surface area contributed by atoms with Gasteiger partial charge in [0.1, 0.15) is 6.04 Å². The number of carboxylic acid groups (broad SMARTS) is 1. The van der Waals surface area contributed by atoms with Crippen LogP contribution in [0, 0.1) is 28.6 Å². The number of nitriles is 1. The SMILES string of the molecule is N#CC1(CCCc2ccccc2)CCN(C[C@H]2CN([C@H](CC3CCC3)C(=O)O)C[C@@H]2c2ccccc2)CC1. The van der Waals surface area contributed by atoms with E-state index in [0.29, 0.717) is 17.8 Å². The molecule has 0 radical (unpaired) electrons. The molecule has 2 aromatic carbocycles. The molecule has 0 amide bonds. The molecule has 0 bridgehead atoms. The predicted octanol–water partition coefficient (Wildman–Crippen LogP) is 5.97. The summed E-state index contributed by atoms with van der Waals surface area (Å²) in [5.41, 5.74) is 2.48. The van der Waals surface area contributed by atoms with Gasteiger partial charge in [0, 0.05) is 25.6 Å². The third kappa shape index (κ3) is 6.47. The molecule has 0 unspecified atom stereocenters. The molecule has 2 aliphatic heterocycles. The van der Waals surface area contributed by atoms with Crippen LogP contribution in [0.1, 0.15) is 68.4 Å². The number of rotatable bonds is 11. The van der Waals surface area contributed by atoms with E-state index in [-0.39, 0.29) is 11.5 Å². The number of piperidine rings is 1. The van der Waals surface area contributed by atoms with Crippen molar-refractivity contribution in [2.75, 3.05) is 32.7 Å². The lowest BCUT2D eigenvalue weighted by Gasteiger charge is -2.39. The Hall–Kier alpha value is -2.68. The molecular formula is C33H43N3O2. The van der Waals surface area contributed by atoms with Crippen LogP contribution in [0.5, 0.6) is 0 Å². The minimum Gasteiger partial charge on any atom is -0.480 e. The quantitative estimate of drug-likeness (QED) is 0.401. The van der Waals surface area contributed by atoms with Gasteiger partial charge in [-0.15, -0.1) is 0 Å². The number of benzene rings is 2. The van der Waals surface area contributed by atoms with Gasteiger partial charge >= 0.3 is 5.97 Å². The molecule has 0 aromatic heterocycles. The fraction of sp³-hybridized carbons (Fsp3) is 0.576. The summed E-state index contributed by atoms with van der Waals surface area (Å²) in [5, 5.41) is 20.2. The van der Waals surface area contributed by atoms with Crippen LogP contribution in [-0.2, 0) is 11.2 Å². The van der Waals surface area contributed by atoms with Crippen LogP contribution in [-0.4, -0.2) is 59.6 Å². The van der Waals surface area contributed by atoms with Crippen molar-refractivity contribution >= 4 is 5.97 Å². The van der Waals surface area contributed by atoms with Crippen molar-refractivity contribution in [3.05, 3.63) is 71.8 Å². The van der Waals surface area contributed by atoms with Crippen molar-refractivity contribution < 1.29 is 9.90 Å². The highest BCUT2D eigenvalue weighted by Crippen LogP contribution is 2.40. The Morgan fingerprint density at radius 2 is 1.71 bits per heavy atom. The second-order valence-electron chi connectivity index (χ2n) is 12.1. The van der Waals surface area contributed by atoms with Gasteiger partial charge in [-0.2, -0.15) is 5.26 Å². The maximum atomic E-state index is 12.3. The maximum Gasteiger partial charge on any atom is 0.320 e. The fourth-order valence-electron chi connectivity index (χ4n) is 7.06. The van der Waals surface area contributed by atoms with Crippen molar-refractivity contribution in [3.63, 3.8) is 0 Å². The van der Waals surface area contributed by atoms with Gasteiger partial charge in [-0.05, 0) is 74.6 Å². The average Bonchev–Trinajstić information content (AvgIpc) is 3.33. The minimum absolute atomic E-state index is 0.205. The van der Waals surface area contributed by atoms with Crippen LogP contribution in [0.4, 0.5) is 0 Å². The van der Waals surface area contributed by atoms with Gasteiger partial charge in [-0.3, -0.25) is 9.69 Å². The zero-order chi connectivity index (χ0) is 26.4. The van der Waals surface area contributed by atoms with E-state index in [2.05, 4.69) is 76.5 Å². The Labute approximate surface area is 228 Å². The molecule has 2 aromatic rings. The van der Waals surface area contributed by atoms with E-state index in [1.807, 2.05) is 0 Å². The van der Waals surface area contributed by atoms with Crippen molar-refractivity contribution in [1.29, 1.82) is 5.26 Å².